The summed E-state index contributed by atoms with van der Waals surface area (Å²) in [5.74, 6) is -0.240. The van der Waals surface area contributed by atoms with Gasteiger partial charge in [0.05, 0.1) is 39.5 Å². The molecule has 0 atom stereocenters. The lowest BCUT2D eigenvalue weighted by Crippen LogP contribution is -2.11. The molecule has 0 radical (unpaired) electrons. The van der Waals surface area contributed by atoms with Crippen LogP contribution in [0.5, 0.6) is 0 Å². The number of ether oxygens (including phenoxy) is 3. The molecule has 0 aliphatic rings. The Balaban J connectivity index is 2.42. The van der Waals surface area contributed by atoms with Crippen molar-refractivity contribution in [1.29, 1.82) is 0 Å². The van der Waals surface area contributed by atoms with Crippen LogP contribution in [0.25, 0.3) is 0 Å². The SMILES string of the molecule is COC(=O)Cc1ccccc1COCCOC(C)C. The van der Waals surface area contributed by atoms with Gasteiger partial charge in [-0.2, -0.15) is 0 Å². The molecule has 0 N–H and O–H groups in total. The van der Waals surface area contributed by atoms with E-state index in [-0.39, 0.29) is 18.5 Å². The van der Waals surface area contributed by atoms with Gasteiger partial charge in [0.15, 0.2) is 0 Å². The van der Waals surface area contributed by atoms with Crippen LogP contribution in [-0.4, -0.2) is 32.4 Å². The van der Waals surface area contributed by atoms with Crippen LogP contribution in [0.4, 0.5) is 0 Å². The van der Waals surface area contributed by atoms with Crippen LogP contribution >= 0.6 is 0 Å². The lowest BCUT2D eigenvalue weighted by atomic mass is 10.1. The number of carbonyl (C=O) groups is 1. The fourth-order valence-corrected chi connectivity index (χ4v) is 1.62. The number of benzene rings is 1. The molecule has 4 nitrogen and oxygen atoms in total. The summed E-state index contributed by atoms with van der Waals surface area (Å²) in [5.41, 5.74) is 1.96. The minimum Gasteiger partial charge on any atom is -0.469 e. The molecule has 1 aromatic carbocycles. The molecule has 0 spiro atoms. The highest BCUT2D eigenvalue weighted by molar-refractivity contribution is 5.72. The number of carbonyl (C=O) groups excluding carboxylic acids is 1. The standard InChI is InChI=1S/C15H22O4/c1-12(2)19-9-8-18-11-14-7-5-4-6-13(14)10-15(16)17-3/h4-7,12H,8-11H2,1-3H3. The molecule has 0 saturated carbocycles. The number of hydrogen-bond acceptors (Lipinski definition) is 4. The molecule has 0 unspecified atom stereocenters. The maximum atomic E-state index is 11.3. The third-order valence-electron chi connectivity index (χ3n) is 2.62. The van der Waals surface area contributed by atoms with E-state index in [2.05, 4.69) is 4.74 Å². The maximum Gasteiger partial charge on any atom is 0.309 e. The van der Waals surface area contributed by atoms with Crippen LogP contribution in [-0.2, 0) is 32.0 Å². The minimum absolute atomic E-state index is 0.218. The molecule has 0 saturated heterocycles. The molecule has 106 valence electrons. The predicted octanol–water partition coefficient (Wildman–Crippen LogP) is 2.34. The Labute approximate surface area is 114 Å². The molecule has 0 aliphatic carbocycles. The Morgan fingerprint density at radius 2 is 1.84 bits per heavy atom. The van der Waals surface area contributed by atoms with Gasteiger partial charge in [0.1, 0.15) is 0 Å². The Bertz CT molecular complexity index is 387. The normalized spacial score (nSPS) is 10.7. The van der Waals surface area contributed by atoms with Gasteiger partial charge in [-0.05, 0) is 25.0 Å². The first-order chi connectivity index (χ1) is 9.13. The van der Waals surface area contributed by atoms with Crippen LogP contribution in [0.2, 0.25) is 0 Å². The molecule has 19 heavy (non-hydrogen) atoms. The van der Waals surface area contributed by atoms with Gasteiger partial charge in [0.2, 0.25) is 0 Å². The topological polar surface area (TPSA) is 44.8 Å². The quantitative estimate of drug-likeness (QED) is 0.535. The van der Waals surface area contributed by atoms with Crippen molar-refractivity contribution in [2.75, 3.05) is 20.3 Å². The fraction of sp³-hybridized carbons (Fsp3) is 0.533. The summed E-state index contributed by atoms with van der Waals surface area (Å²) in [7, 11) is 1.39. The van der Waals surface area contributed by atoms with Crippen molar-refractivity contribution >= 4 is 5.97 Å². The second-order valence-corrected chi connectivity index (χ2v) is 4.49. The largest absolute Gasteiger partial charge is 0.469 e. The fourth-order valence-electron chi connectivity index (χ4n) is 1.62. The first kappa shape index (κ1) is 15.7. The second-order valence-electron chi connectivity index (χ2n) is 4.49. The summed E-state index contributed by atoms with van der Waals surface area (Å²) < 4.78 is 15.6. The lowest BCUT2D eigenvalue weighted by Gasteiger charge is -2.10. The zero-order valence-corrected chi connectivity index (χ0v) is 11.8. The monoisotopic (exact) mass is 266 g/mol. The summed E-state index contributed by atoms with van der Waals surface area (Å²) in [5, 5.41) is 0. The molecule has 0 amide bonds. The maximum absolute atomic E-state index is 11.3. The average Bonchev–Trinajstić information content (AvgIpc) is 2.39. The van der Waals surface area contributed by atoms with Crippen molar-refractivity contribution in [2.24, 2.45) is 0 Å². The van der Waals surface area contributed by atoms with E-state index in [9.17, 15) is 4.79 Å². The number of rotatable bonds is 8. The summed E-state index contributed by atoms with van der Waals surface area (Å²) in [6.07, 6.45) is 0.494. The summed E-state index contributed by atoms with van der Waals surface area (Å²) in [6.45, 7) is 5.59. The first-order valence-electron chi connectivity index (χ1n) is 6.46. The third-order valence-corrected chi connectivity index (χ3v) is 2.62. The van der Waals surface area contributed by atoms with Gasteiger partial charge >= 0.3 is 5.97 Å². The smallest absolute Gasteiger partial charge is 0.309 e. The van der Waals surface area contributed by atoms with E-state index >= 15 is 0 Å². The summed E-state index contributed by atoms with van der Waals surface area (Å²) in [4.78, 5) is 11.3. The summed E-state index contributed by atoms with van der Waals surface area (Å²) >= 11 is 0. The zero-order chi connectivity index (χ0) is 14.1. The lowest BCUT2D eigenvalue weighted by molar-refractivity contribution is -0.139. The molecule has 1 rings (SSSR count). The van der Waals surface area contributed by atoms with Crippen molar-refractivity contribution < 1.29 is 19.0 Å². The number of esters is 1. The predicted molar refractivity (Wildman–Crippen MR) is 72.9 cm³/mol. The van der Waals surface area contributed by atoms with Crippen LogP contribution < -0.4 is 0 Å². The summed E-state index contributed by atoms with van der Waals surface area (Å²) in [6, 6.07) is 7.72. The van der Waals surface area contributed by atoms with E-state index in [1.54, 1.807) is 0 Å². The van der Waals surface area contributed by atoms with Crippen LogP contribution in [0.3, 0.4) is 0 Å². The average molecular weight is 266 g/mol. The van der Waals surface area contributed by atoms with E-state index in [1.165, 1.54) is 7.11 Å². The minimum atomic E-state index is -0.240. The van der Waals surface area contributed by atoms with Crippen LogP contribution in [0.1, 0.15) is 25.0 Å². The van der Waals surface area contributed by atoms with Gasteiger partial charge in [0, 0.05) is 0 Å². The van der Waals surface area contributed by atoms with E-state index < -0.39 is 0 Å². The third kappa shape index (κ3) is 6.36. The molecule has 0 fully saturated rings. The van der Waals surface area contributed by atoms with Crippen LogP contribution in [0, 0.1) is 0 Å². The first-order valence-corrected chi connectivity index (χ1v) is 6.46. The molecule has 0 heterocycles. The van der Waals surface area contributed by atoms with Gasteiger partial charge in [-0.1, -0.05) is 24.3 Å². The molecule has 1 aromatic rings. The second kappa shape index (κ2) is 8.67. The molecule has 0 aliphatic heterocycles. The van der Waals surface area contributed by atoms with Gasteiger partial charge in [-0.25, -0.2) is 0 Å². The molecule has 4 heteroatoms. The molecule has 0 aromatic heterocycles. The van der Waals surface area contributed by atoms with Crippen molar-refractivity contribution in [1.82, 2.24) is 0 Å². The van der Waals surface area contributed by atoms with E-state index in [4.69, 9.17) is 9.47 Å². The Morgan fingerprint density at radius 3 is 2.47 bits per heavy atom. The van der Waals surface area contributed by atoms with Gasteiger partial charge in [-0.15, -0.1) is 0 Å². The highest BCUT2D eigenvalue weighted by Crippen LogP contribution is 2.11. The van der Waals surface area contributed by atoms with Crippen molar-refractivity contribution in [3.63, 3.8) is 0 Å². The van der Waals surface area contributed by atoms with Gasteiger partial charge in [0.25, 0.3) is 0 Å². The van der Waals surface area contributed by atoms with Crippen molar-refractivity contribution in [2.45, 2.75) is 33.0 Å². The van der Waals surface area contributed by atoms with Crippen molar-refractivity contribution in [3.8, 4) is 0 Å². The number of methoxy groups -OCH3 is 1. The van der Waals surface area contributed by atoms with E-state index in [1.807, 2.05) is 38.1 Å². The highest BCUT2D eigenvalue weighted by Gasteiger charge is 2.07. The highest BCUT2D eigenvalue weighted by atomic mass is 16.5. The Kier molecular flexibility index (Phi) is 7.15. The Hall–Kier alpha value is -1.39. The van der Waals surface area contributed by atoms with E-state index in [0.29, 0.717) is 19.8 Å². The molecular formula is C15H22O4. The van der Waals surface area contributed by atoms with Gasteiger partial charge < -0.3 is 14.2 Å². The zero-order valence-electron chi connectivity index (χ0n) is 11.8. The number of hydrogen-bond donors (Lipinski definition) is 0. The molecular weight excluding hydrogens is 244 g/mol. The molecule has 0 bridgehead atoms. The Morgan fingerprint density at radius 1 is 1.16 bits per heavy atom. The van der Waals surface area contributed by atoms with E-state index in [0.717, 1.165) is 11.1 Å². The van der Waals surface area contributed by atoms with Gasteiger partial charge in [-0.3, -0.25) is 4.79 Å². The van der Waals surface area contributed by atoms with Crippen molar-refractivity contribution in [3.05, 3.63) is 35.4 Å². The van der Waals surface area contributed by atoms with Crippen LogP contribution in [0.15, 0.2) is 24.3 Å².